The Morgan fingerprint density at radius 1 is 1.02 bits per heavy atom. The second-order valence-corrected chi connectivity index (χ2v) is 10.6. The molecule has 7 rings (SSSR count). The molecule has 0 radical (unpaired) electrons. The van der Waals surface area contributed by atoms with E-state index in [0.717, 1.165) is 30.2 Å². The molecule has 10 nitrogen and oxygen atoms in total. The Bertz CT molecular complexity index is 1720. The number of rotatable bonds is 4. The fourth-order valence-corrected chi connectivity index (χ4v) is 5.97. The summed E-state index contributed by atoms with van der Waals surface area (Å²) in [5.41, 5.74) is 1.76. The lowest BCUT2D eigenvalue weighted by molar-refractivity contribution is -0.929. The van der Waals surface area contributed by atoms with Crippen molar-refractivity contribution >= 4 is 46.1 Å². The Labute approximate surface area is 244 Å². The first kappa shape index (κ1) is 26.4. The lowest BCUT2D eigenvalue weighted by atomic mass is 10.0. The number of anilines is 2. The van der Waals surface area contributed by atoms with Crippen LogP contribution >= 0.6 is 0 Å². The van der Waals surface area contributed by atoms with Crippen LogP contribution in [0.25, 0.3) is 17.0 Å². The molecule has 3 aliphatic heterocycles. The Hall–Kier alpha value is -3.78. The fraction of sp³-hybridized carbons (Fsp3) is 0.286. The van der Waals surface area contributed by atoms with E-state index in [1.807, 2.05) is 34.1 Å². The Morgan fingerprint density at radius 3 is 2.42 bits per heavy atom. The molecule has 206 valence electrons. The zero-order chi connectivity index (χ0) is 27.1. The van der Waals surface area contributed by atoms with Gasteiger partial charge < -0.3 is 43.7 Å². The Kier molecular flexibility index (Phi) is 6.22. The molecule has 4 heterocycles. The van der Waals surface area contributed by atoms with Crippen molar-refractivity contribution in [2.24, 2.45) is 5.10 Å². The number of fused-ring (bicyclic) bond motifs is 4. The summed E-state index contributed by atoms with van der Waals surface area (Å²) in [5, 5.41) is 24.3. The third-order valence-electron chi connectivity index (χ3n) is 8.15. The van der Waals surface area contributed by atoms with E-state index in [0.29, 0.717) is 54.5 Å². The highest BCUT2D eigenvalue weighted by atomic mass is 127. The minimum atomic E-state index is -1.32. The lowest BCUT2D eigenvalue weighted by Gasteiger charge is -2.39. The summed E-state index contributed by atoms with van der Waals surface area (Å²) >= 11 is 0. The van der Waals surface area contributed by atoms with Crippen LogP contribution in [0.4, 0.5) is 15.8 Å². The number of benzene rings is 2. The number of para-hydroxylation sites is 1. The number of carboxylic acids is 2. The van der Waals surface area contributed by atoms with Gasteiger partial charge in [-0.15, -0.1) is 0 Å². The van der Waals surface area contributed by atoms with Crippen molar-refractivity contribution in [3.05, 3.63) is 75.3 Å². The minimum absolute atomic E-state index is 0. The fourth-order valence-electron chi connectivity index (χ4n) is 5.97. The summed E-state index contributed by atoms with van der Waals surface area (Å²) in [6.07, 6.45) is 4.79. The Morgan fingerprint density at radius 2 is 1.75 bits per heavy atom. The summed E-state index contributed by atoms with van der Waals surface area (Å²) in [6, 6.07) is 10.5. The molecule has 0 unspecified atom stereocenters. The van der Waals surface area contributed by atoms with Gasteiger partial charge >= 0.3 is 11.9 Å². The minimum Gasteiger partial charge on any atom is -1.00 e. The van der Waals surface area contributed by atoms with E-state index in [1.165, 1.54) is 6.20 Å². The highest BCUT2D eigenvalue weighted by Gasteiger charge is 2.47. The van der Waals surface area contributed by atoms with Crippen LogP contribution in [0.5, 0.6) is 0 Å². The van der Waals surface area contributed by atoms with Crippen molar-refractivity contribution in [3.8, 4) is 0 Å². The number of piperazine rings is 1. The van der Waals surface area contributed by atoms with Crippen molar-refractivity contribution in [1.29, 1.82) is 0 Å². The topological polar surface area (TPSA) is 115 Å². The molecular weight excluding hydrogens is 632 g/mol. The zero-order valence-electron chi connectivity index (χ0n) is 21.3. The van der Waals surface area contributed by atoms with Crippen LogP contribution in [0.3, 0.4) is 0 Å². The maximum Gasteiger partial charge on any atom is 0.341 e. The first-order valence-corrected chi connectivity index (χ1v) is 12.9. The summed E-state index contributed by atoms with van der Waals surface area (Å²) in [7, 11) is 0. The molecule has 1 saturated heterocycles. The average molecular weight is 657 g/mol. The van der Waals surface area contributed by atoms with Crippen LogP contribution in [-0.4, -0.2) is 70.0 Å². The second-order valence-electron chi connectivity index (χ2n) is 10.6. The molecule has 2 fully saturated rings. The molecule has 3 aromatic rings. The number of nitrogens with zero attached hydrogens (tertiary/aromatic N) is 5. The molecule has 4 aliphatic rings. The molecule has 0 amide bonds. The summed E-state index contributed by atoms with van der Waals surface area (Å²) < 4.78 is 17.5. The average Bonchev–Trinajstić information content (AvgIpc) is 3.69. The number of carboxylic acid groups (broad SMARTS) is 2. The van der Waals surface area contributed by atoms with E-state index < -0.39 is 23.2 Å². The number of hydrogen-bond donors (Lipinski definition) is 2. The van der Waals surface area contributed by atoms with E-state index in [2.05, 4.69) is 0 Å². The SMILES string of the molecule is O=C(O)C1=Cc2ccccc2N2C[N+]3(CCN(c4cc5c(cc4F)c(=O)c(C(=O)O)cn5C4CC4)CC3)N=C12.[I-]. The molecule has 40 heavy (non-hydrogen) atoms. The molecule has 1 saturated carbocycles. The number of pyridine rings is 1. The summed E-state index contributed by atoms with van der Waals surface area (Å²) in [4.78, 5) is 40.4. The quantitative estimate of drug-likeness (QED) is 0.302. The molecular formula is C28H25FIN5O5. The standard InChI is InChI=1S/C28H24FN5O5.HI/c29-21-12-18-23(32(17-5-6-17)14-20(25(18)35)28(38)39)13-24(21)31-7-9-34(10-8-31)15-33-22-4-2-1-3-16(22)11-19(27(36)37)26(33)30-34;/h1-4,11-14,17H,5-10,15H2,(H-,36,37,38,39);1H. The van der Waals surface area contributed by atoms with Gasteiger partial charge in [-0.05, 0) is 42.7 Å². The first-order valence-electron chi connectivity index (χ1n) is 12.9. The van der Waals surface area contributed by atoms with Crippen LogP contribution in [0, 0.1) is 5.82 Å². The first-order chi connectivity index (χ1) is 18.7. The number of hydrogen-bond acceptors (Lipinski definition) is 6. The predicted molar refractivity (Wildman–Crippen MR) is 142 cm³/mol. The smallest absolute Gasteiger partial charge is 0.341 e. The molecule has 0 atom stereocenters. The van der Waals surface area contributed by atoms with Crippen LogP contribution < -0.4 is 39.2 Å². The van der Waals surface area contributed by atoms with Crippen molar-refractivity contribution in [2.75, 3.05) is 42.6 Å². The van der Waals surface area contributed by atoms with Crippen LogP contribution in [-0.2, 0) is 4.79 Å². The van der Waals surface area contributed by atoms with Crippen molar-refractivity contribution in [2.45, 2.75) is 18.9 Å². The lowest BCUT2D eigenvalue weighted by Crippen LogP contribution is -3.00. The normalized spacial score (nSPS) is 19.0. The Balaban J connectivity index is 0.00000289. The number of amidine groups is 1. The van der Waals surface area contributed by atoms with E-state index >= 15 is 4.39 Å². The third kappa shape index (κ3) is 4.08. The molecule has 2 aromatic carbocycles. The van der Waals surface area contributed by atoms with Crippen molar-refractivity contribution < 1.29 is 52.8 Å². The number of aromatic carboxylic acids is 1. The molecule has 12 heteroatoms. The van der Waals surface area contributed by atoms with E-state index in [1.54, 1.807) is 16.7 Å². The number of carbonyl (C=O) groups is 2. The van der Waals surface area contributed by atoms with E-state index in [9.17, 15) is 24.6 Å². The van der Waals surface area contributed by atoms with E-state index in [-0.39, 0.29) is 46.5 Å². The van der Waals surface area contributed by atoms with Gasteiger partial charge in [-0.2, -0.15) is 4.59 Å². The van der Waals surface area contributed by atoms with Gasteiger partial charge in [0.2, 0.25) is 11.3 Å². The second kappa shape index (κ2) is 9.41. The van der Waals surface area contributed by atoms with Crippen LogP contribution in [0.15, 0.2) is 58.1 Å². The number of aliphatic carboxylic acids is 1. The summed E-state index contributed by atoms with van der Waals surface area (Å²) in [6.45, 7) is 2.52. The largest absolute Gasteiger partial charge is 1.00 e. The number of aromatic nitrogens is 1. The zero-order valence-corrected chi connectivity index (χ0v) is 23.4. The van der Waals surface area contributed by atoms with Crippen molar-refractivity contribution in [3.63, 3.8) is 0 Å². The van der Waals surface area contributed by atoms with Gasteiger partial charge in [-0.25, -0.2) is 14.0 Å². The molecule has 1 aliphatic carbocycles. The van der Waals surface area contributed by atoms with Crippen molar-refractivity contribution in [1.82, 2.24) is 4.57 Å². The van der Waals surface area contributed by atoms with Crippen LogP contribution in [0.1, 0.15) is 34.8 Å². The molecule has 1 aromatic heterocycles. The maximum atomic E-state index is 15.4. The maximum absolute atomic E-state index is 15.4. The molecule has 2 N–H and O–H groups in total. The van der Waals surface area contributed by atoms with Gasteiger partial charge in [0, 0.05) is 17.6 Å². The van der Waals surface area contributed by atoms with Gasteiger partial charge in [0.15, 0.2) is 6.67 Å². The van der Waals surface area contributed by atoms with Gasteiger partial charge in [-0.1, -0.05) is 23.3 Å². The predicted octanol–water partition coefficient (Wildman–Crippen LogP) is 0.0873. The van der Waals surface area contributed by atoms with Gasteiger partial charge in [0.25, 0.3) is 0 Å². The highest BCUT2D eigenvalue weighted by Crippen LogP contribution is 2.39. The molecule has 0 bridgehead atoms. The monoisotopic (exact) mass is 657 g/mol. The van der Waals surface area contributed by atoms with Crippen LogP contribution in [0.2, 0.25) is 0 Å². The van der Waals surface area contributed by atoms with E-state index in [4.69, 9.17) is 5.10 Å². The number of quaternary nitrogens is 1. The molecule has 1 spiro atoms. The van der Waals surface area contributed by atoms with Gasteiger partial charge in [-0.3, -0.25) is 9.69 Å². The number of halogens is 2. The highest BCUT2D eigenvalue weighted by molar-refractivity contribution is 6.29. The van der Waals surface area contributed by atoms with Gasteiger partial charge in [0.1, 0.15) is 30.0 Å². The summed E-state index contributed by atoms with van der Waals surface area (Å²) in [5.74, 6) is -2.49. The van der Waals surface area contributed by atoms with Gasteiger partial charge in [0.05, 0.1) is 30.0 Å². The third-order valence-corrected chi connectivity index (χ3v) is 8.15.